The zero-order valence-corrected chi connectivity index (χ0v) is 17.6. The molecule has 0 aliphatic carbocycles. The average molecular weight is 359 g/mol. The molecule has 0 saturated heterocycles. The molecule has 1 unspecified atom stereocenters. The van der Waals surface area contributed by atoms with E-state index >= 15 is 0 Å². The van der Waals surface area contributed by atoms with Gasteiger partial charge in [-0.25, -0.2) is 0 Å². The number of rotatable bonds is 6. The van der Waals surface area contributed by atoms with Gasteiger partial charge in [-0.3, -0.25) is 0 Å². The number of hydrogen-bond donors (Lipinski definition) is 1. The fourth-order valence-corrected chi connectivity index (χ4v) is 3.28. The van der Waals surface area contributed by atoms with Gasteiger partial charge in [0, 0.05) is 4.90 Å². The molecule has 0 spiro atoms. The molecule has 0 aliphatic heterocycles. The van der Waals surface area contributed by atoms with E-state index in [1.165, 1.54) is 16.7 Å². The Morgan fingerprint density at radius 2 is 1.52 bits per heavy atom. The van der Waals surface area contributed by atoms with Crippen LogP contribution in [0.15, 0.2) is 53.4 Å². The van der Waals surface area contributed by atoms with Crippen LogP contribution < -0.4 is 0 Å². The summed E-state index contributed by atoms with van der Waals surface area (Å²) < 4.78 is 5.87. The van der Waals surface area contributed by atoms with E-state index in [-0.39, 0.29) is 5.41 Å². The van der Waals surface area contributed by atoms with E-state index < -0.39 is 0 Å². The highest BCUT2D eigenvalue weighted by Gasteiger charge is 2.24. The van der Waals surface area contributed by atoms with Gasteiger partial charge in [0.1, 0.15) is 0 Å². The van der Waals surface area contributed by atoms with Crippen LogP contribution in [0.25, 0.3) is 0 Å². The van der Waals surface area contributed by atoms with Crippen LogP contribution in [-0.2, 0) is 18.0 Å². The van der Waals surface area contributed by atoms with Gasteiger partial charge in [-0.1, -0.05) is 77.9 Å². The second kappa shape index (κ2) is 10.7. The van der Waals surface area contributed by atoms with Gasteiger partial charge in [-0.15, -0.1) is 12.6 Å². The van der Waals surface area contributed by atoms with Crippen molar-refractivity contribution in [3.05, 3.63) is 65.2 Å². The van der Waals surface area contributed by atoms with Crippen LogP contribution in [0.5, 0.6) is 0 Å². The van der Waals surface area contributed by atoms with Crippen molar-refractivity contribution in [1.82, 2.24) is 0 Å². The molecule has 2 rings (SSSR count). The first-order valence-electron chi connectivity index (χ1n) is 9.34. The Balaban J connectivity index is 0.00000151. The molecule has 0 fully saturated rings. The van der Waals surface area contributed by atoms with Crippen molar-refractivity contribution in [3.8, 4) is 0 Å². The maximum atomic E-state index is 5.87. The quantitative estimate of drug-likeness (QED) is 0.535. The Morgan fingerprint density at radius 1 is 0.920 bits per heavy atom. The molecule has 0 aliphatic rings. The SMILES string of the molecule is CC.CCC(c1cccc(COCc2ccc(S)cc2)c1)C(C)(C)C. The van der Waals surface area contributed by atoms with Crippen molar-refractivity contribution in [3.63, 3.8) is 0 Å². The lowest BCUT2D eigenvalue weighted by Crippen LogP contribution is -2.17. The molecule has 0 N–H and O–H groups in total. The Morgan fingerprint density at radius 3 is 2.08 bits per heavy atom. The molecule has 0 heterocycles. The topological polar surface area (TPSA) is 9.23 Å². The number of hydrogen-bond acceptors (Lipinski definition) is 2. The lowest BCUT2D eigenvalue weighted by atomic mass is 9.75. The first-order chi connectivity index (χ1) is 11.9. The van der Waals surface area contributed by atoms with Crippen LogP contribution in [-0.4, -0.2) is 0 Å². The van der Waals surface area contributed by atoms with E-state index in [1.807, 2.05) is 26.0 Å². The second-order valence-corrected chi connectivity index (χ2v) is 7.75. The molecule has 0 saturated carbocycles. The van der Waals surface area contributed by atoms with E-state index in [0.29, 0.717) is 19.1 Å². The summed E-state index contributed by atoms with van der Waals surface area (Å²) in [4.78, 5) is 0.981. The molecule has 0 aromatic heterocycles. The van der Waals surface area contributed by atoms with Crippen molar-refractivity contribution < 1.29 is 4.74 Å². The van der Waals surface area contributed by atoms with Crippen LogP contribution in [0, 0.1) is 5.41 Å². The molecule has 25 heavy (non-hydrogen) atoms. The van der Waals surface area contributed by atoms with Crippen molar-refractivity contribution in [2.45, 2.75) is 72.0 Å². The highest BCUT2D eigenvalue weighted by Crippen LogP contribution is 2.37. The average Bonchev–Trinajstić information content (AvgIpc) is 2.58. The zero-order valence-electron chi connectivity index (χ0n) is 16.7. The van der Waals surface area contributed by atoms with Crippen LogP contribution in [0.1, 0.15) is 70.6 Å². The Bertz CT molecular complexity index is 611. The van der Waals surface area contributed by atoms with Gasteiger partial charge in [0.2, 0.25) is 0 Å². The van der Waals surface area contributed by atoms with Gasteiger partial charge in [0.05, 0.1) is 13.2 Å². The van der Waals surface area contributed by atoms with Gasteiger partial charge in [0.25, 0.3) is 0 Å². The van der Waals surface area contributed by atoms with Crippen LogP contribution in [0.3, 0.4) is 0 Å². The number of thiol groups is 1. The minimum atomic E-state index is 0.281. The van der Waals surface area contributed by atoms with Gasteiger partial charge in [-0.05, 0) is 46.6 Å². The molecular formula is C23H34OS. The lowest BCUT2D eigenvalue weighted by Gasteiger charge is -2.30. The lowest BCUT2D eigenvalue weighted by molar-refractivity contribution is 0.107. The molecule has 0 radical (unpaired) electrons. The minimum Gasteiger partial charge on any atom is -0.372 e. The van der Waals surface area contributed by atoms with E-state index in [4.69, 9.17) is 4.74 Å². The Hall–Kier alpha value is -1.25. The van der Waals surface area contributed by atoms with Crippen LogP contribution in [0.4, 0.5) is 0 Å². The summed E-state index contributed by atoms with van der Waals surface area (Å²) >= 11 is 4.30. The third kappa shape index (κ3) is 7.25. The van der Waals surface area contributed by atoms with E-state index in [0.717, 1.165) is 11.3 Å². The van der Waals surface area contributed by atoms with Gasteiger partial charge >= 0.3 is 0 Å². The molecule has 0 bridgehead atoms. The van der Waals surface area contributed by atoms with E-state index in [9.17, 15) is 0 Å². The second-order valence-electron chi connectivity index (χ2n) is 7.23. The standard InChI is InChI=1S/C21H28OS.C2H6/c1-5-20(21(2,3)4)18-8-6-7-17(13-18)15-22-14-16-9-11-19(23)12-10-16;1-2/h6-13,20,23H,5,14-15H2,1-4H3;1-2H3. The van der Waals surface area contributed by atoms with Crippen LogP contribution >= 0.6 is 12.6 Å². The van der Waals surface area contributed by atoms with Crippen molar-refractivity contribution in [1.29, 1.82) is 0 Å². The fraction of sp³-hybridized carbons (Fsp3) is 0.478. The molecular weight excluding hydrogens is 324 g/mol. The summed E-state index contributed by atoms with van der Waals surface area (Å²) in [6.45, 7) is 14.5. The zero-order chi connectivity index (χ0) is 18.9. The predicted octanol–water partition coefficient (Wildman–Crippen LogP) is 7.26. The first kappa shape index (κ1) is 21.8. The smallest absolute Gasteiger partial charge is 0.0721 e. The summed E-state index contributed by atoms with van der Waals surface area (Å²) in [6.07, 6.45) is 1.16. The summed E-state index contributed by atoms with van der Waals surface area (Å²) in [5, 5.41) is 0. The maximum absolute atomic E-state index is 5.87. The van der Waals surface area contributed by atoms with Crippen molar-refractivity contribution >= 4 is 12.6 Å². The van der Waals surface area contributed by atoms with Gasteiger partial charge < -0.3 is 4.74 Å². The predicted molar refractivity (Wildman–Crippen MR) is 112 cm³/mol. The third-order valence-corrected chi connectivity index (χ3v) is 4.58. The number of benzene rings is 2. The van der Waals surface area contributed by atoms with E-state index in [2.05, 4.69) is 76.7 Å². The monoisotopic (exact) mass is 358 g/mol. The maximum Gasteiger partial charge on any atom is 0.0721 e. The van der Waals surface area contributed by atoms with Crippen molar-refractivity contribution in [2.24, 2.45) is 5.41 Å². The highest BCUT2D eigenvalue weighted by molar-refractivity contribution is 7.80. The summed E-state index contributed by atoms with van der Waals surface area (Å²) in [5.74, 6) is 0.574. The Labute approximate surface area is 160 Å². The molecule has 1 atom stereocenters. The van der Waals surface area contributed by atoms with E-state index in [1.54, 1.807) is 0 Å². The highest BCUT2D eigenvalue weighted by atomic mass is 32.1. The minimum absolute atomic E-state index is 0.281. The first-order valence-corrected chi connectivity index (χ1v) is 9.79. The van der Waals surface area contributed by atoms with Gasteiger partial charge in [0.15, 0.2) is 0 Å². The van der Waals surface area contributed by atoms with Crippen molar-refractivity contribution in [2.75, 3.05) is 0 Å². The summed E-state index contributed by atoms with van der Waals surface area (Å²) in [6, 6.07) is 17.0. The molecule has 138 valence electrons. The Kier molecular flexibility index (Phi) is 9.31. The number of ether oxygens (including phenoxy) is 1. The van der Waals surface area contributed by atoms with Gasteiger partial charge in [-0.2, -0.15) is 0 Å². The fourth-order valence-electron chi connectivity index (χ4n) is 3.13. The molecule has 1 nitrogen and oxygen atoms in total. The molecule has 0 amide bonds. The third-order valence-electron chi connectivity index (χ3n) is 4.28. The van der Waals surface area contributed by atoms with Crippen LogP contribution in [0.2, 0.25) is 0 Å². The molecule has 2 aromatic rings. The summed E-state index contributed by atoms with van der Waals surface area (Å²) in [5.41, 5.74) is 4.12. The molecule has 2 heteroatoms. The molecule has 2 aromatic carbocycles. The summed E-state index contributed by atoms with van der Waals surface area (Å²) in [7, 11) is 0. The largest absolute Gasteiger partial charge is 0.372 e. The normalized spacial score (nSPS) is 12.3.